The fraction of sp³-hybridized carbons (Fsp3) is 0.357. The van der Waals surface area contributed by atoms with Crippen LogP contribution in [0.2, 0.25) is 0 Å². The van der Waals surface area contributed by atoms with E-state index >= 15 is 0 Å². The summed E-state index contributed by atoms with van der Waals surface area (Å²) in [5.41, 5.74) is 6.45. The largest absolute Gasteiger partial charge is 0.464 e. The molecule has 0 saturated carbocycles. The molecule has 0 radical (unpaired) electrons. The van der Waals surface area contributed by atoms with E-state index in [4.69, 9.17) is 9.47 Å². The zero-order chi connectivity index (χ0) is 21.1. The summed E-state index contributed by atoms with van der Waals surface area (Å²) >= 11 is 0. The second-order valence-corrected chi connectivity index (χ2v) is 8.68. The number of methoxy groups -OCH3 is 1. The number of benzene rings is 3. The van der Waals surface area contributed by atoms with Crippen molar-refractivity contribution >= 4 is 0 Å². The van der Waals surface area contributed by atoms with E-state index in [0.717, 1.165) is 12.2 Å². The Kier molecular flexibility index (Phi) is 6.24. The van der Waals surface area contributed by atoms with Crippen LogP contribution in [0.3, 0.4) is 0 Å². The van der Waals surface area contributed by atoms with Gasteiger partial charge in [-0.05, 0) is 64.6 Å². The van der Waals surface area contributed by atoms with Crippen LogP contribution in [-0.2, 0) is 4.74 Å². The van der Waals surface area contributed by atoms with Crippen LogP contribution >= 0.6 is 0 Å². The minimum Gasteiger partial charge on any atom is -0.464 e. The zero-order valence-corrected chi connectivity index (χ0v) is 18.5. The number of hydrogen-bond acceptors (Lipinski definition) is 2. The lowest BCUT2D eigenvalue weighted by Gasteiger charge is -2.26. The standard InChI is InChI=1S/C28H32O2/c1-5-20(17-19(2)3)21-11-10-12-22(18-21)30-28(29-4)27-25-15-8-6-13-23(25)24-14-7-9-16-26(24)27/h6-16,18-20,27-28H,5,17H2,1-4H3. The molecule has 0 fully saturated rings. The molecule has 0 saturated heterocycles. The maximum atomic E-state index is 6.48. The summed E-state index contributed by atoms with van der Waals surface area (Å²) in [5.74, 6) is 2.17. The predicted molar refractivity (Wildman–Crippen MR) is 124 cm³/mol. The summed E-state index contributed by atoms with van der Waals surface area (Å²) in [6, 6.07) is 25.8. The van der Waals surface area contributed by atoms with Crippen LogP contribution in [0.5, 0.6) is 5.75 Å². The van der Waals surface area contributed by atoms with Crippen molar-refractivity contribution in [3.63, 3.8) is 0 Å². The fourth-order valence-corrected chi connectivity index (χ4v) is 4.82. The second-order valence-electron chi connectivity index (χ2n) is 8.68. The summed E-state index contributed by atoms with van der Waals surface area (Å²) in [4.78, 5) is 0. The predicted octanol–water partition coefficient (Wildman–Crippen LogP) is 7.39. The molecule has 0 bridgehead atoms. The summed E-state index contributed by atoms with van der Waals surface area (Å²) in [6.07, 6.45) is 1.95. The molecule has 156 valence electrons. The Labute approximate surface area is 180 Å². The number of rotatable bonds is 8. The van der Waals surface area contributed by atoms with E-state index in [0.29, 0.717) is 11.8 Å². The minimum absolute atomic E-state index is 0.0590. The van der Waals surface area contributed by atoms with Crippen LogP contribution in [0.1, 0.15) is 62.1 Å². The van der Waals surface area contributed by atoms with Crippen LogP contribution in [0, 0.1) is 5.92 Å². The van der Waals surface area contributed by atoms with Gasteiger partial charge in [-0.1, -0.05) is 81.4 Å². The zero-order valence-electron chi connectivity index (χ0n) is 18.5. The van der Waals surface area contributed by atoms with Crippen LogP contribution in [-0.4, -0.2) is 13.4 Å². The first-order chi connectivity index (χ1) is 14.6. The molecule has 0 amide bonds. The maximum absolute atomic E-state index is 6.48. The van der Waals surface area contributed by atoms with Crippen LogP contribution in [0.15, 0.2) is 72.8 Å². The van der Waals surface area contributed by atoms with Crippen LogP contribution < -0.4 is 4.74 Å². The van der Waals surface area contributed by atoms with E-state index in [1.54, 1.807) is 7.11 Å². The van der Waals surface area contributed by atoms with Gasteiger partial charge in [0.1, 0.15) is 5.75 Å². The van der Waals surface area contributed by atoms with Crippen molar-refractivity contribution in [2.75, 3.05) is 7.11 Å². The molecule has 1 aliphatic carbocycles. The molecule has 0 heterocycles. The fourth-order valence-electron chi connectivity index (χ4n) is 4.82. The second kappa shape index (κ2) is 9.06. The summed E-state index contributed by atoms with van der Waals surface area (Å²) < 4.78 is 12.4. The highest BCUT2D eigenvalue weighted by molar-refractivity contribution is 5.78. The molecule has 2 heteroatoms. The molecular formula is C28H32O2. The Bertz CT molecular complexity index is 946. The van der Waals surface area contributed by atoms with Crippen molar-refractivity contribution in [2.45, 2.75) is 51.7 Å². The lowest BCUT2D eigenvalue weighted by atomic mass is 9.88. The number of fused-ring (bicyclic) bond motifs is 3. The smallest absolute Gasteiger partial charge is 0.210 e. The van der Waals surface area contributed by atoms with Crippen LogP contribution in [0.4, 0.5) is 0 Å². The normalized spacial score (nSPS) is 15.0. The molecule has 0 N–H and O–H groups in total. The van der Waals surface area contributed by atoms with E-state index in [9.17, 15) is 0 Å². The average Bonchev–Trinajstić information content (AvgIpc) is 3.10. The highest BCUT2D eigenvalue weighted by atomic mass is 16.7. The van der Waals surface area contributed by atoms with Gasteiger partial charge < -0.3 is 9.47 Å². The lowest BCUT2D eigenvalue weighted by molar-refractivity contribution is -0.0629. The summed E-state index contributed by atoms with van der Waals surface area (Å²) in [6.45, 7) is 6.85. The Balaban J connectivity index is 1.64. The van der Waals surface area contributed by atoms with Crippen LogP contribution in [0.25, 0.3) is 11.1 Å². The maximum Gasteiger partial charge on any atom is 0.210 e. The average molecular weight is 401 g/mol. The molecule has 0 aromatic heterocycles. The van der Waals surface area contributed by atoms with Gasteiger partial charge in [0, 0.05) is 7.11 Å². The van der Waals surface area contributed by atoms with Gasteiger partial charge in [0.2, 0.25) is 6.29 Å². The van der Waals surface area contributed by atoms with Gasteiger partial charge in [0.05, 0.1) is 5.92 Å². The third-order valence-electron chi connectivity index (χ3n) is 6.22. The van der Waals surface area contributed by atoms with Crippen molar-refractivity contribution < 1.29 is 9.47 Å². The Morgan fingerprint density at radius 3 is 2.03 bits per heavy atom. The van der Waals surface area contributed by atoms with Crippen molar-refractivity contribution in [3.05, 3.63) is 89.5 Å². The van der Waals surface area contributed by atoms with Gasteiger partial charge in [-0.25, -0.2) is 0 Å². The molecule has 4 rings (SSSR count). The van der Waals surface area contributed by atoms with Gasteiger partial charge in [-0.15, -0.1) is 0 Å². The van der Waals surface area contributed by atoms with Crippen molar-refractivity contribution in [1.82, 2.24) is 0 Å². The van der Waals surface area contributed by atoms with Gasteiger partial charge in [-0.3, -0.25) is 0 Å². The lowest BCUT2D eigenvalue weighted by Crippen LogP contribution is -2.27. The van der Waals surface area contributed by atoms with E-state index in [1.165, 1.54) is 34.2 Å². The minimum atomic E-state index is -0.379. The highest BCUT2D eigenvalue weighted by Crippen LogP contribution is 2.47. The van der Waals surface area contributed by atoms with E-state index in [2.05, 4.69) is 87.5 Å². The van der Waals surface area contributed by atoms with Crippen molar-refractivity contribution in [1.29, 1.82) is 0 Å². The van der Waals surface area contributed by atoms with Crippen molar-refractivity contribution in [3.8, 4) is 16.9 Å². The molecule has 0 aliphatic heterocycles. The monoisotopic (exact) mass is 400 g/mol. The SMILES string of the molecule is CCC(CC(C)C)c1cccc(OC(OC)C2c3ccccc3-c3ccccc32)c1. The quantitative estimate of drug-likeness (QED) is 0.367. The summed E-state index contributed by atoms with van der Waals surface area (Å²) in [5, 5.41) is 0. The highest BCUT2D eigenvalue weighted by Gasteiger charge is 2.35. The third kappa shape index (κ3) is 4.02. The Morgan fingerprint density at radius 2 is 1.47 bits per heavy atom. The third-order valence-corrected chi connectivity index (χ3v) is 6.22. The topological polar surface area (TPSA) is 18.5 Å². The molecule has 2 unspecified atom stereocenters. The van der Waals surface area contributed by atoms with E-state index in [1.807, 2.05) is 6.07 Å². The molecule has 2 atom stereocenters. The first-order valence-electron chi connectivity index (χ1n) is 11.1. The molecule has 30 heavy (non-hydrogen) atoms. The number of ether oxygens (including phenoxy) is 2. The van der Waals surface area contributed by atoms with Gasteiger partial charge in [-0.2, -0.15) is 0 Å². The van der Waals surface area contributed by atoms with Gasteiger partial charge in [0.25, 0.3) is 0 Å². The number of hydrogen-bond donors (Lipinski definition) is 0. The van der Waals surface area contributed by atoms with Gasteiger partial charge in [0.15, 0.2) is 0 Å². The molecule has 0 spiro atoms. The molecular weight excluding hydrogens is 368 g/mol. The summed E-state index contributed by atoms with van der Waals surface area (Å²) in [7, 11) is 1.74. The Hall–Kier alpha value is -2.58. The molecule has 2 nitrogen and oxygen atoms in total. The molecule has 3 aromatic carbocycles. The molecule has 3 aromatic rings. The van der Waals surface area contributed by atoms with Crippen molar-refractivity contribution in [2.24, 2.45) is 5.92 Å². The first-order valence-corrected chi connectivity index (χ1v) is 11.1. The molecule has 1 aliphatic rings. The van der Waals surface area contributed by atoms with Gasteiger partial charge >= 0.3 is 0 Å². The Morgan fingerprint density at radius 1 is 0.833 bits per heavy atom. The van der Waals surface area contributed by atoms with E-state index in [-0.39, 0.29) is 12.2 Å². The first kappa shape index (κ1) is 20.7. The van der Waals surface area contributed by atoms with E-state index < -0.39 is 0 Å².